The predicted molar refractivity (Wildman–Crippen MR) is 128 cm³/mol. The van der Waals surface area contributed by atoms with E-state index in [-0.39, 0.29) is 5.57 Å². The van der Waals surface area contributed by atoms with Gasteiger partial charge in [0.05, 0.1) is 12.7 Å². The molecule has 160 valence electrons. The molecule has 3 aromatic rings. The molecule has 0 spiro atoms. The summed E-state index contributed by atoms with van der Waals surface area (Å²) in [5.41, 5.74) is 3.51. The summed E-state index contributed by atoms with van der Waals surface area (Å²) in [7, 11) is 1.30. The highest BCUT2D eigenvalue weighted by molar-refractivity contribution is 9.10. The van der Waals surface area contributed by atoms with Gasteiger partial charge in [-0.2, -0.15) is 5.26 Å². The Morgan fingerprint density at radius 3 is 2.44 bits per heavy atom. The molecule has 0 aliphatic rings. The molecule has 0 heterocycles. The molecule has 5 nitrogen and oxygen atoms in total. The fraction of sp³-hybridized carbons (Fsp3) is 0.0800. The van der Waals surface area contributed by atoms with Crippen molar-refractivity contribution in [2.45, 2.75) is 6.42 Å². The highest BCUT2D eigenvalue weighted by Crippen LogP contribution is 2.26. The molecular weight excluding hydrogens is 492 g/mol. The number of halogens is 2. The van der Waals surface area contributed by atoms with Crippen molar-refractivity contribution in [3.05, 3.63) is 104 Å². The van der Waals surface area contributed by atoms with Crippen LogP contribution in [0.1, 0.15) is 27.0 Å². The van der Waals surface area contributed by atoms with Gasteiger partial charge in [0.1, 0.15) is 11.6 Å². The molecule has 1 N–H and O–H groups in total. The molecule has 32 heavy (non-hydrogen) atoms. The van der Waals surface area contributed by atoms with Crippen LogP contribution in [0.4, 0.5) is 5.69 Å². The van der Waals surface area contributed by atoms with Gasteiger partial charge in [-0.1, -0.05) is 57.9 Å². The van der Waals surface area contributed by atoms with Crippen LogP contribution < -0.4 is 5.32 Å². The smallest absolute Gasteiger partial charge is 0.337 e. The number of esters is 1. The van der Waals surface area contributed by atoms with Gasteiger partial charge in [-0.05, 0) is 59.2 Å². The van der Waals surface area contributed by atoms with Gasteiger partial charge < -0.3 is 10.1 Å². The van der Waals surface area contributed by atoms with E-state index in [1.165, 1.54) is 25.3 Å². The number of carbonyl (C=O) groups excluding carboxylic acids is 2. The second-order valence-corrected chi connectivity index (χ2v) is 8.07. The zero-order chi connectivity index (χ0) is 23.1. The number of rotatable bonds is 6. The first-order valence-electron chi connectivity index (χ1n) is 9.54. The Hall–Kier alpha value is -3.40. The third kappa shape index (κ3) is 5.85. The third-order valence-corrected chi connectivity index (χ3v) is 5.76. The molecule has 0 saturated carbocycles. The van der Waals surface area contributed by atoms with Gasteiger partial charge in [-0.25, -0.2) is 4.79 Å². The Labute approximate surface area is 199 Å². The van der Waals surface area contributed by atoms with Crippen LogP contribution in [0.25, 0.3) is 6.08 Å². The van der Waals surface area contributed by atoms with E-state index in [0.717, 1.165) is 15.6 Å². The maximum atomic E-state index is 12.5. The standard InChI is InChI=1S/C25H18BrClN2O3/c1-32-25(31)17-8-10-21(11-9-17)29-24(30)20(15-28)12-16-6-7-18(22(26)13-16)14-19-4-2-3-5-23(19)27/h2-13H,14H2,1H3,(H,29,30)/b20-12+. The van der Waals surface area contributed by atoms with Gasteiger partial charge in [0.25, 0.3) is 5.91 Å². The summed E-state index contributed by atoms with van der Waals surface area (Å²) in [6.07, 6.45) is 2.17. The second-order valence-electron chi connectivity index (χ2n) is 6.81. The zero-order valence-corrected chi connectivity index (χ0v) is 19.4. The van der Waals surface area contributed by atoms with Crippen LogP contribution >= 0.6 is 27.5 Å². The van der Waals surface area contributed by atoms with Crippen LogP contribution in [0.3, 0.4) is 0 Å². The van der Waals surface area contributed by atoms with Crippen LogP contribution in [-0.2, 0) is 16.0 Å². The fourth-order valence-electron chi connectivity index (χ4n) is 2.96. The van der Waals surface area contributed by atoms with Gasteiger partial charge in [-0.15, -0.1) is 0 Å². The highest BCUT2D eigenvalue weighted by atomic mass is 79.9. The van der Waals surface area contributed by atoms with Crippen molar-refractivity contribution in [2.75, 3.05) is 12.4 Å². The Bertz CT molecular complexity index is 1230. The summed E-state index contributed by atoms with van der Waals surface area (Å²) in [5.74, 6) is -1.02. The number of nitrogens with zero attached hydrogens (tertiary/aromatic N) is 1. The third-order valence-electron chi connectivity index (χ3n) is 4.66. The van der Waals surface area contributed by atoms with Crippen LogP contribution in [0.2, 0.25) is 5.02 Å². The van der Waals surface area contributed by atoms with Crippen molar-refractivity contribution in [3.63, 3.8) is 0 Å². The number of nitriles is 1. The molecular formula is C25H18BrClN2O3. The van der Waals surface area contributed by atoms with Crippen LogP contribution in [0, 0.1) is 11.3 Å². The van der Waals surface area contributed by atoms with E-state index in [1.54, 1.807) is 12.1 Å². The monoisotopic (exact) mass is 508 g/mol. The van der Waals surface area contributed by atoms with Gasteiger partial charge in [0.15, 0.2) is 0 Å². The number of benzene rings is 3. The summed E-state index contributed by atoms with van der Waals surface area (Å²) in [6.45, 7) is 0. The van der Waals surface area contributed by atoms with Gasteiger partial charge >= 0.3 is 5.97 Å². The number of methoxy groups -OCH3 is 1. The molecule has 0 aliphatic carbocycles. The number of nitrogens with one attached hydrogen (secondary N) is 1. The molecule has 1 amide bonds. The van der Waals surface area contributed by atoms with Crippen molar-refractivity contribution in [1.29, 1.82) is 5.26 Å². The topological polar surface area (TPSA) is 79.2 Å². The Kier molecular flexibility index (Phi) is 7.82. The average Bonchev–Trinajstić information content (AvgIpc) is 2.80. The Morgan fingerprint density at radius 2 is 1.81 bits per heavy atom. The Balaban J connectivity index is 1.74. The van der Waals surface area contributed by atoms with Gasteiger partial charge in [0, 0.05) is 21.6 Å². The first-order valence-corrected chi connectivity index (χ1v) is 10.7. The molecule has 0 aliphatic heterocycles. The van der Waals surface area contributed by atoms with E-state index in [4.69, 9.17) is 11.6 Å². The largest absolute Gasteiger partial charge is 0.465 e. The van der Waals surface area contributed by atoms with Crippen molar-refractivity contribution in [2.24, 2.45) is 0 Å². The number of anilines is 1. The minimum Gasteiger partial charge on any atom is -0.465 e. The highest BCUT2D eigenvalue weighted by Gasteiger charge is 2.12. The van der Waals surface area contributed by atoms with E-state index in [0.29, 0.717) is 28.3 Å². The molecule has 3 rings (SSSR count). The molecule has 3 aromatic carbocycles. The minimum absolute atomic E-state index is 0.0483. The molecule has 0 unspecified atom stereocenters. The lowest BCUT2D eigenvalue weighted by Gasteiger charge is -2.08. The number of amides is 1. The maximum Gasteiger partial charge on any atom is 0.337 e. The molecule has 0 fully saturated rings. The minimum atomic E-state index is -0.547. The first kappa shape index (κ1) is 23.3. The van der Waals surface area contributed by atoms with Crippen molar-refractivity contribution in [1.82, 2.24) is 0 Å². The predicted octanol–water partition coefficient (Wildman–Crippen LogP) is 6.03. The molecule has 0 saturated heterocycles. The quantitative estimate of drug-likeness (QED) is 0.250. The first-order chi connectivity index (χ1) is 15.4. The molecule has 0 radical (unpaired) electrons. The van der Waals surface area contributed by atoms with E-state index < -0.39 is 11.9 Å². The van der Waals surface area contributed by atoms with Crippen molar-refractivity contribution >= 4 is 51.2 Å². The molecule has 0 aromatic heterocycles. The number of hydrogen-bond acceptors (Lipinski definition) is 4. The van der Waals surface area contributed by atoms with Crippen molar-refractivity contribution in [3.8, 4) is 6.07 Å². The second kappa shape index (κ2) is 10.8. The summed E-state index contributed by atoms with van der Waals surface area (Å²) in [4.78, 5) is 24.0. The molecule has 7 heteroatoms. The lowest BCUT2D eigenvalue weighted by molar-refractivity contribution is -0.112. The lowest BCUT2D eigenvalue weighted by atomic mass is 10.0. The van der Waals surface area contributed by atoms with Crippen molar-refractivity contribution < 1.29 is 14.3 Å². The van der Waals surface area contributed by atoms with Crippen LogP contribution in [-0.4, -0.2) is 19.0 Å². The van der Waals surface area contributed by atoms with E-state index in [2.05, 4.69) is 26.0 Å². The van der Waals surface area contributed by atoms with Crippen LogP contribution in [0.5, 0.6) is 0 Å². The molecule has 0 bridgehead atoms. The van der Waals surface area contributed by atoms with Gasteiger partial charge in [0.2, 0.25) is 0 Å². The van der Waals surface area contributed by atoms with E-state index in [1.807, 2.05) is 48.5 Å². The van der Waals surface area contributed by atoms with Crippen LogP contribution in [0.15, 0.2) is 76.8 Å². The van der Waals surface area contributed by atoms with Gasteiger partial charge in [-0.3, -0.25) is 4.79 Å². The van der Waals surface area contributed by atoms with E-state index >= 15 is 0 Å². The molecule has 0 atom stereocenters. The number of hydrogen-bond donors (Lipinski definition) is 1. The Morgan fingerprint density at radius 1 is 1.09 bits per heavy atom. The van der Waals surface area contributed by atoms with E-state index in [9.17, 15) is 14.9 Å². The number of carbonyl (C=O) groups is 2. The zero-order valence-electron chi connectivity index (χ0n) is 17.1. The SMILES string of the molecule is COC(=O)c1ccc(NC(=O)/C(C#N)=C/c2ccc(Cc3ccccc3Cl)c(Br)c2)cc1. The summed E-state index contributed by atoms with van der Waals surface area (Å²) in [6, 6.07) is 21.4. The lowest BCUT2D eigenvalue weighted by Crippen LogP contribution is -2.13. The fourth-order valence-corrected chi connectivity index (χ4v) is 3.70. The summed E-state index contributed by atoms with van der Waals surface area (Å²) >= 11 is 9.81. The normalized spacial score (nSPS) is 10.9. The summed E-state index contributed by atoms with van der Waals surface area (Å²) < 4.78 is 5.50. The average molecular weight is 510 g/mol. The number of ether oxygens (including phenoxy) is 1. The summed E-state index contributed by atoms with van der Waals surface area (Å²) in [5, 5.41) is 12.8. The maximum absolute atomic E-state index is 12.5.